The second kappa shape index (κ2) is 14.7. The molecule has 2 saturated heterocycles. The summed E-state index contributed by atoms with van der Waals surface area (Å²) < 4.78 is 44.9. The maximum absolute atomic E-state index is 14.4. The molecule has 1 aromatic carbocycles. The number of aromatic nitrogens is 3. The lowest BCUT2D eigenvalue weighted by molar-refractivity contribution is -0.146. The lowest BCUT2D eigenvalue weighted by Gasteiger charge is -2.30. The van der Waals surface area contributed by atoms with E-state index in [4.69, 9.17) is 29.0 Å². The second-order valence-electron chi connectivity index (χ2n) is 12.6. The molecule has 2 aromatic heterocycles. The van der Waals surface area contributed by atoms with E-state index in [9.17, 15) is 19.6 Å². The molecule has 2 fully saturated rings. The fourth-order valence-electron chi connectivity index (χ4n) is 6.02. The summed E-state index contributed by atoms with van der Waals surface area (Å²) in [5, 5.41) is 29.8. The van der Waals surface area contributed by atoms with Crippen molar-refractivity contribution in [3.05, 3.63) is 48.4 Å². The van der Waals surface area contributed by atoms with Crippen molar-refractivity contribution >= 4 is 30.7 Å². The smallest absolute Gasteiger partial charge is 0.459 e. The second-order valence-corrected chi connectivity index (χ2v) is 14.3. The van der Waals surface area contributed by atoms with Crippen LogP contribution in [0.2, 0.25) is 0 Å². The Hall–Kier alpha value is -3.30. The van der Waals surface area contributed by atoms with Gasteiger partial charge in [-0.05, 0) is 63.1 Å². The molecular weight excluding hydrogens is 643 g/mol. The highest BCUT2D eigenvalue weighted by Crippen LogP contribution is 2.49. The van der Waals surface area contributed by atoms with Crippen molar-refractivity contribution in [2.24, 2.45) is 5.92 Å². The highest BCUT2D eigenvalue weighted by atomic mass is 31.2. The number of nitrogens with one attached hydrogen (secondary N) is 1. The molecule has 6 atom stereocenters. The number of carbonyl (C=O) groups is 1. The predicted octanol–water partition coefficient (Wildman–Crippen LogP) is 3.04. The number of esters is 1. The van der Waals surface area contributed by atoms with E-state index in [-0.39, 0.29) is 24.1 Å². The Labute approximate surface area is 280 Å². The first-order chi connectivity index (χ1) is 22.8. The van der Waals surface area contributed by atoms with E-state index in [1.165, 1.54) is 24.7 Å². The quantitative estimate of drug-likeness (QED) is 0.143. The molecule has 1 unspecified atom stereocenters. The third-order valence-corrected chi connectivity index (χ3v) is 10.9. The number of aliphatic hydroxyl groups is 2. The third-order valence-electron chi connectivity index (χ3n) is 9.26. The van der Waals surface area contributed by atoms with E-state index in [2.05, 4.69) is 20.1 Å². The van der Waals surface area contributed by atoms with Gasteiger partial charge in [0.25, 0.3) is 0 Å². The molecule has 0 bridgehead atoms. The highest BCUT2D eigenvalue weighted by Gasteiger charge is 2.60. The van der Waals surface area contributed by atoms with Crippen LogP contribution in [-0.4, -0.2) is 94.1 Å². The first-order valence-electron chi connectivity index (χ1n) is 16.3. The number of anilines is 2. The average Bonchev–Trinajstić information content (AvgIpc) is 3.60. The zero-order valence-electron chi connectivity index (χ0n) is 28.1. The Kier molecular flexibility index (Phi) is 11.0. The van der Waals surface area contributed by atoms with E-state index in [0.29, 0.717) is 24.4 Å². The lowest BCUT2D eigenvalue weighted by atomic mass is 9.85. The number of fused-ring (bicyclic) bond motifs is 1. The zero-order chi connectivity index (χ0) is 34.7. The number of hydrogen-bond acceptors (Lipinski definition) is 13. The summed E-state index contributed by atoms with van der Waals surface area (Å²) >= 11 is 0. The number of nitrogens with two attached hydrogens (primary N) is 1. The van der Waals surface area contributed by atoms with Gasteiger partial charge in [-0.15, -0.1) is 0 Å². The lowest BCUT2D eigenvalue weighted by Crippen LogP contribution is -2.49. The van der Waals surface area contributed by atoms with Crippen LogP contribution in [0.15, 0.2) is 42.7 Å². The van der Waals surface area contributed by atoms with Gasteiger partial charge in [-0.2, -0.15) is 10.2 Å². The molecule has 4 heterocycles. The topological polar surface area (TPSA) is 192 Å². The average molecular weight is 691 g/mol. The fourth-order valence-corrected chi connectivity index (χ4v) is 7.51. The monoisotopic (exact) mass is 690 g/mol. The molecule has 16 heteroatoms. The SMILES string of the molecule is CCC(CC)COC(=O)[C@H](C)NP(=O)(OC[C@H]1O[C@@](C)(c2ccc3c(N)ncnn23)[C@H](O)[C@@]1(C)O)Oc1ccc(N2CCOCC2)cc1. The van der Waals surface area contributed by atoms with Crippen LogP contribution in [0.1, 0.15) is 53.2 Å². The maximum atomic E-state index is 14.4. The summed E-state index contributed by atoms with van der Waals surface area (Å²) in [5.74, 6) is 0.0361. The van der Waals surface area contributed by atoms with Crippen molar-refractivity contribution in [3.8, 4) is 5.75 Å². The molecule has 0 amide bonds. The van der Waals surface area contributed by atoms with Gasteiger partial charge in [0, 0.05) is 18.8 Å². The van der Waals surface area contributed by atoms with Crippen molar-refractivity contribution in [2.45, 2.75) is 76.9 Å². The van der Waals surface area contributed by atoms with Crippen molar-refractivity contribution in [1.82, 2.24) is 19.7 Å². The van der Waals surface area contributed by atoms with Crippen LogP contribution in [0.4, 0.5) is 11.5 Å². The molecule has 5 N–H and O–H groups in total. The summed E-state index contributed by atoms with van der Waals surface area (Å²) in [6.07, 6.45) is 0.318. The van der Waals surface area contributed by atoms with E-state index in [1.807, 2.05) is 26.0 Å². The van der Waals surface area contributed by atoms with E-state index < -0.39 is 49.8 Å². The van der Waals surface area contributed by atoms with Gasteiger partial charge < -0.3 is 39.6 Å². The Morgan fingerprint density at radius 1 is 1.17 bits per heavy atom. The summed E-state index contributed by atoms with van der Waals surface area (Å²) in [5.41, 5.74) is 4.50. The van der Waals surface area contributed by atoms with Crippen LogP contribution < -0.4 is 20.2 Å². The van der Waals surface area contributed by atoms with Gasteiger partial charge in [-0.3, -0.25) is 9.32 Å². The Bertz CT molecular complexity index is 1590. The third kappa shape index (κ3) is 7.47. The summed E-state index contributed by atoms with van der Waals surface area (Å²) in [6.45, 7) is 11.0. The maximum Gasteiger partial charge on any atom is 0.459 e. The van der Waals surface area contributed by atoms with Crippen molar-refractivity contribution < 1.29 is 42.8 Å². The standard InChI is InChI=1S/C32H47N6O9P/c1-6-22(7-2)18-44-29(39)21(3)36-48(42,47-24-10-8-23(9-11-24)37-14-16-43-17-15-37)45-19-27-31(4,41)30(40)32(5,46-27)26-13-12-25-28(33)34-20-35-38(25)26/h8-13,20-22,27,30,40-41H,6-7,14-19H2,1-5H3,(H,36,42)(H2,33,34,35)/t21-,27+,30+,31-,32-,48?/m0/s1. The number of ether oxygens (including phenoxy) is 3. The number of nitrogen functional groups attached to an aromatic ring is 1. The van der Waals surface area contributed by atoms with Gasteiger partial charge in [0.05, 0.1) is 32.1 Å². The largest absolute Gasteiger partial charge is 0.464 e. The van der Waals surface area contributed by atoms with Crippen molar-refractivity contribution in [3.63, 3.8) is 0 Å². The zero-order valence-corrected chi connectivity index (χ0v) is 29.0. The predicted molar refractivity (Wildman–Crippen MR) is 178 cm³/mol. The Balaban J connectivity index is 1.35. The highest BCUT2D eigenvalue weighted by molar-refractivity contribution is 7.52. The first kappa shape index (κ1) is 36.0. The molecule has 5 rings (SSSR count). The van der Waals surface area contributed by atoms with Crippen LogP contribution in [0.3, 0.4) is 0 Å². The normalized spacial score (nSPS) is 26.5. The van der Waals surface area contributed by atoms with Crippen LogP contribution in [0, 0.1) is 5.92 Å². The molecule has 0 saturated carbocycles. The van der Waals surface area contributed by atoms with Crippen molar-refractivity contribution in [2.75, 3.05) is 50.2 Å². The van der Waals surface area contributed by atoms with Crippen LogP contribution in [0.5, 0.6) is 5.75 Å². The number of nitrogens with zero attached hydrogens (tertiary/aromatic N) is 4. The van der Waals surface area contributed by atoms with Gasteiger partial charge in [0.2, 0.25) is 0 Å². The summed E-state index contributed by atoms with van der Waals surface area (Å²) in [6, 6.07) is 9.28. The minimum absolute atomic E-state index is 0.202. The first-order valence-corrected chi connectivity index (χ1v) is 17.8. The number of morpholine rings is 1. The number of rotatable bonds is 14. The number of benzene rings is 1. The molecule has 2 aliphatic heterocycles. The van der Waals surface area contributed by atoms with Crippen LogP contribution >= 0.6 is 7.75 Å². The van der Waals surface area contributed by atoms with Crippen LogP contribution in [0.25, 0.3) is 5.52 Å². The van der Waals surface area contributed by atoms with Gasteiger partial charge in [-0.1, -0.05) is 26.7 Å². The number of hydrogen-bond donors (Lipinski definition) is 4. The van der Waals surface area contributed by atoms with Gasteiger partial charge >= 0.3 is 13.7 Å². The Morgan fingerprint density at radius 2 is 1.85 bits per heavy atom. The molecule has 3 aromatic rings. The summed E-state index contributed by atoms with van der Waals surface area (Å²) in [4.78, 5) is 19.1. The molecule has 48 heavy (non-hydrogen) atoms. The van der Waals surface area contributed by atoms with Gasteiger partial charge in [0.15, 0.2) is 5.82 Å². The van der Waals surface area contributed by atoms with E-state index in [1.54, 1.807) is 31.2 Å². The molecule has 264 valence electrons. The molecular formula is C32H47N6O9P. The number of carbonyl (C=O) groups excluding carboxylic acids is 1. The van der Waals surface area contributed by atoms with Gasteiger partial charge in [0.1, 0.15) is 47.0 Å². The molecule has 0 aliphatic carbocycles. The van der Waals surface area contributed by atoms with E-state index >= 15 is 0 Å². The number of aliphatic hydroxyl groups excluding tert-OH is 1. The molecule has 0 radical (unpaired) electrons. The summed E-state index contributed by atoms with van der Waals surface area (Å²) in [7, 11) is -4.34. The Morgan fingerprint density at radius 3 is 2.52 bits per heavy atom. The fraction of sp³-hybridized carbons (Fsp3) is 0.594. The van der Waals surface area contributed by atoms with Crippen LogP contribution in [-0.2, 0) is 33.7 Å². The van der Waals surface area contributed by atoms with Crippen molar-refractivity contribution in [1.29, 1.82) is 0 Å². The van der Waals surface area contributed by atoms with E-state index in [0.717, 1.165) is 31.6 Å². The molecule has 2 aliphatic rings. The minimum Gasteiger partial charge on any atom is -0.464 e. The minimum atomic E-state index is -4.34. The molecule has 0 spiro atoms. The molecule has 15 nitrogen and oxygen atoms in total. The van der Waals surface area contributed by atoms with Gasteiger partial charge in [-0.25, -0.2) is 14.1 Å².